The minimum atomic E-state index is -0.488. The van der Waals surface area contributed by atoms with E-state index in [-0.39, 0.29) is 18.1 Å². The van der Waals surface area contributed by atoms with Crippen LogP contribution in [0.2, 0.25) is 0 Å². The van der Waals surface area contributed by atoms with E-state index in [9.17, 15) is 9.59 Å². The van der Waals surface area contributed by atoms with Crippen LogP contribution in [0, 0.1) is 0 Å². The van der Waals surface area contributed by atoms with Crippen LogP contribution in [0.25, 0.3) is 0 Å². The van der Waals surface area contributed by atoms with Crippen LogP contribution in [0.1, 0.15) is 47.5 Å². The fraction of sp³-hybridized carbons (Fsp3) is 0.733. The van der Waals surface area contributed by atoms with Gasteiger partial charge in [0.05, 0.1) is 6.61 Å². The molecule has 0 radical (unpaired) electrons. The van der Waals surface area contributed by atoms with Gasteiger partial charge in [-0.3, -0.25) is 0 Å². The van der Waals surface area contributed by atoms with Gasteiger partial charge in [0.1, 0.15) is 5.60 Å². The van der Waals surface area contributed by atoms with Crippen molar-refractivity contribution < 1.29 is 19.1 Å². The summed E-state index contributed by atoms with van der Waals surface area (Å²) in [5.74, 6) is -0.305. The van der Waals surface area contributed by atoms with Crippen molar-refractivity contribution in [2.75, 3.05) is 13.2 Å². The van der Waals surface area contributed by atoms with Crippen molar-refractivity contribution in [2.45, 2.75) is 59.1 Å². The normalized spacial score (nSPS) is 21.8. The zero-order chi connectivity index (χ0) is 15.3. The lowest BCUT2D eigenvalue weighted by atomic mass is 9.98. The number of likely N-dealkylation sites (tertiary alicyclic amines) is 1. The second-order valence-corrected chi connectivity index (χ2v) is 6.03. The topological polar surface area (TPSA) is 55.8 Å². The largest absolute Gasteiger partial charge is 0.463 e. The fourth-order valence-electron chi connectivity index (χ4n) is 2.15. The molecule has 0 aromatic rings. The Morgan fingerprint density at radius 1 is 1.40 bits per heavy atom. The number of esters is 1. The molecule has 0 N–H and O–H groups in total. The smallest absolute Gasteiger partial charge is 0.410 e. The summed E-state index contributed by atoms with van der Waals surface area (Å²) in [6.07, 6.45) is 2.62. The van der Waals surface area contributed by atoms with Crippen LogP contribution in [-0.4, -0.2) is 41.8 Å². The summed E-state index contributed by atoms with van der Waals surface area (Å²) < 4.78 is 10.3. The molecular weight excluding hydrogens is 258 g/mol. The molecule has 1 amide bonds. The molecule has 1 fully saturated rings. The van der Waals surface area contributed by atoms with Gasteiger partial charge >= 0.3 is 12.1 Å². The van der Waals surface area contributed by atoms with Crippen molar-refractivity contribution in [1.29, 1.82) is 0 Å². The van der Waals surface area contributed by atoms with Crippen LogP contribution in [-0.2, 0) is 14.3 Å². The number of carbonyl (C=O) groups is 2. The minimum Gasteiger partial charge on any atom is -0.463 e. The number of piperidine rings is 1. The number of hydrogen-bond acceptors (Lipinski definition) is 4. The molecule has 0 aromatic heterocycles. The van der Waals surface area contributed by atoms with Crippen molar-refractivity contribution in [1.82, 2.24) is 4.90 Å². The van der Waals surface area contributed by atoms with E-state index in [1.165, 1.54) is 0 Å². The highest BCUT2D eigenvalue weighted by atomic mass is 16.6. The molecule has 1 atom stereocenters. The van der Waals surface area contributed by atoms with E-state index in [1.807, 2.05) is 27.7 Å². The highest BCUT2D eigenvalue weighted by molar-refractivity contribution is 5.83. The molecule has 0 aromatic carbocycles. The van der Waals surface area contributed by atoms with Gasteiger partial charge in [0.2, 0.25) is 0 Å². The van der Waals surface area contributed by atoms with Gasteiger partial charge in [-0.15, -0.1) is 0 Å². The second kappa shape index (κ2) is 6.77. The van der Waals surface area contributed by atoms with Crippen LogP contribution in [0.15, 0.2) is 11.6 Å². The molecule has 20 heavy (non-hydrogen) atoms. The molecule has 1 aliphatic rings. The van der Waals surface area contributed by atoms with Gasteiger partial charge in [-0.25, -0.2) is 9.59 Å². The Labute approximate surface area is 120 Å². The van der Waals surface area contributed by atoms with Crippen molar-refractivity contribution in [2.24, 2.45) is 0 Å². The Kier molecular flexibility index (Phi) is 5.60. The van der Waals surface area contributed by atoms with E-state index in [0.29, 0.717) is 26.0 Å². The van der Waals surface area contributed by atoms with E-state index < -0.39 is 5.60 Å². The monoisotopic (exact) mass is 283 g/mol. The summed E-state index contributed by atoms with van der Waals surface area (Å²) in [7, 11) is 0. The number of hydrogen-bond donors (Lipinski definition) is 0. The molecule has 0 spiro atoms. The lowest BCUT2D eigenvalue weighted by Crippen LogP contribution is -2.45. The summed E-state index contributed by atoms with van der Waals surface area (Å²) in [6, 6.07) is 0.0271. The molecule has 0 aliphatic carbocycles. The van der Waals surface area contributed by atoms with Crippen molar-refractivity contribution in [3.8, 4) is 0 Å². The van der Waals surface area contributed by atoms with Gasteiger partial charge in [-0.1, -0.05) is 5.57 Å². The standard InChI is InChI=1S/C15H25NO4/c1-6-19-13(17)10-12-7-8-16(11(2)9-12)14(18)20-15(3,4)5/h10-11H,6-9H2,1-5H3/b12-10+/t11-/m1/s1. The van der Waals surface area contributed by atoms with Gasteiger partial charge in [0.15, 0.2) is 0 Å². The quantitative estimate of drug-likeness (QED) is 0.577. The zero-order valence-corrected chi connectivity index (χ0v) is 13.1. The third-order valence-electron chi connectivity index (χ3n) is 3.00. The predicted molar refractivity (Wildman–Crippen MR) is 76.4 cm³/mol. The second-order valence-electron chi connectivity index (χ2n) is 6.03. The molecule has 5 heteroatoms. The highest BCUT2D eigenvalue weighted by Crippen LogP contribution is 2.24. The molecule has 1 aliphatic heterocycles. The molecule has 0 saturated carbocycles. The first kappa shape index (κ1) is 16.5. The summed E-state index contributed by atoms with van der Waals surface area (Å²) in [5, 5.41) is 0. The van der Waals surface area contributed by atoms with Crippen LogP contribution in [0.5, 0.6) is 0 Å². The van der Waals surface area contributed by atoms with E-state index in [0.717, 1.165) is 5.57 Å². The average Bonchev–Trinajstić information content (AvgIpc) is 2.26. The highest BCUT2D eigenvalue weighted by Gasteiger charge is 2.29. The lowest BCUT2D eigenvalue weighted by Gasteiger charge is -2.35. The number of carbonyl (C=O) groups excluding carboxylic acids is 2. The molecule has 1 rings (SSSR count). The molecule has 1 heterocycles. The summed E-state index contributed by atoms with van der Waals surface area (Å²) in [4.78, 5) is 25.2. The SMILES string of the molecule is CCOC(=O)/C=C1\CCN(C(=O)OC(C)(C)C)[C@H](C)C1. The Bertz CT molecular complexity index is 395. The molecule has 5 nitrogen and oxygen atoms in total. The van der Waals surface area contributed by atoms with Gasteiger partial charge in [0, 0.05) is 18.7 Å². The van der Waals surface area contributed by atoms with Gasteiger partial charge in [-0.2, -0.15) is 0 Å². The number of rotatable bonds is 2. The zero-order valence-electron chi connectivity index (χ0n) is 13.1. The Morgan fingerprint density at radius 3 is 2.55 bits per heavy atom. The van der Waals surface area contributed by atoms with Crippen LogP contribution >= 0.6 is 0 Å². The third kappa shape index (κ3) is 5.23. The van der Waals surface area contributed by atoms with Crippen molar-refractivity contribution in [3.05, 3.63) is 11.6 Å². The Hall–Kier alpha value is -1.52. The van der Waals surface area contributed by atoms with E-state index >= 15 is 0 Å². The predicted octanol–water partition coefficient (Wildman–Crippen LogP) is 2.90. The van der Waals surface area contributed by atoms with Gasteiger partial charge < -0.3 is 14.4 Å². The van der Waals surface area contributed by atoms with Crippen molar-refractivity contribution in [3.63, 3.8) is 0 Å². The van der Waals surface area contributed by atoms with Crippen molar-refractivity contribution >= 4 is 12.1 Å². The maximum atomic E-state index is 12.0. The third-order valence-corrected chi connectivity index (χ3v) is 3.00. The maximum Gasteiger partial charge on any atom is 0.410 e. The molecule has 114 valence electrons. The van der Waals surface area contributed by atoms with Gasteiger partial charge in [-0.05, 0) is 47.5 Å². The van der Waals surface area contributed by atoms with Crippen LogP contribution in [0.4, 0.5) is 4.79 Å². The first-order valence-electron chi connectivity index (χ1n) is 7.08. The molecule has 0 unspecified atom stereocenters. The fourth-order valence-corrected chi connectivity index (χ4v) is 2.15. The Morgan fingerprint density at radius 2 is 2.05 bits per heavy atom. The maximum absolute atomic E-state index is 12.0. The Balaban J connectivity index is 2.60. The van der Waals surface area contributed by atoms with E-state index in [1.54, 1.807) is 17.9 Å². The molecule has 1 saturated heterocycles. The summed E-state index contributed by atoms with van der Waals surface area (Å²) in [6.45, 7) is 10.2. The summed E-state index contributed by atoms with van der Waals surface area (Å²) >= 11 is 0. The van der Waals surface area contributed by atoms with E-state index in [4.69, 9.17) is 9.47 Å². The lowest BCUT2D eigenvalue weighted by molar-refractivity contribution is -0.137. The van der Waals surface area contributed by atoms with Crippen LogP contribution in [0.3, 0.4) is 0 Å². The number of amides is 1. The van der Waals surface area contributed by atoms with Gasteiger partial charge in [0.25, 0.3) is 0 Å². The first-order valence-corrected chi connectivity index (χ1v) is 7.08. The molecular formula is C15H25NO4. The average molecular weight is 283 g/mol. The first-order chi connectivity index (χ1) is 9.23. The molecule has 0 bridgehead atoms. The minimum absolute atomic E-state index is 0.0271. The van der Waals surface area contributed by atoms with E-state index in [2.05, 4.69) is 0 Å². The van der Waals surface area contributed by atoms with Crippen LogP contribution < -0.4 is 0 Å². The number of nitrogens with zero attached hydrogens (tertiary/aromatic N) is 1. The number of ether oxygens (including phenoxy) is 2. The summed E-state index contributed by atoms with van der Waals surface area (Å²) in [5.41, 5.74) is 0.536.